The molecule has 0 spiro atoms. The van der Waals surface area contributed by atoms with Crippen LogP contribution < -0.4 is 9.47 Å². The van der Waals surface area contributed by atoms with Gasteiger partial charge >= 0.3 is 0 Å². The van der Waals surface area contributed by atoms with Crippen LogP contribution in [0.1, 0.15) is 12.0 Å². The Kier molecular flexibility index (Phi) is 4.52. The summed E-state index contributed by atoms with van der Waals surface area (Å²) in [5.41, 5.74) is 0.819. The molecule has 1 aromatic rings. The smallest absolute Gasteiger partial charge is 0.123 e. The van der Waals surface area contributed by atoms with E-state index in [4.69, 9.17) is 14.6 Å². The molecule has 3 nitrogen and oxygen atoms in total. The van der Waals surface area contributed by atoms with Crippen molar-refractivity contribution < 1.29 is 14.6 Å². The van der Waals surface area contributed by atoms with E-state index in [1.54, 1.807) is 20.3 Å². The zero-order chi connectivity index (χ0) is 11.1. The van der Waals surface area contributed by atoms with E-state index in [2.05, 4.69) is 11.8 Å². The lowest BCUT2D eigenvalue weighted by molar-refractivity contribution is 0.305. The maximum absolute atomic E-state index is 8.59. The van der Waals surface area contributed by atoms with Gasteiger partial charge in [0.05, 0.1) is 20.8 Å². The van der Waals surface area contributed by atoms with Crippen molar-refractivity contribution in [2.24, 2.45) is 0 Å². The molecule has 0 saturated heterocycles. The van der Waals surface area contributed by atoms with Crippen molar-refractivity contribution >= 4 is 0 Å². The van der Waals surface area contributed by atoms with Crippen molar-refractivity contribution in [2.45, 2.75) is 6.42 Å². The Hall–Kier alpha value is -1.66. The molecule has 0 aliphatic rings. The third kappa shape index (κ3) is 3.53. The molecule has 1 rings (SSSR count). The minimum absolute atomic E-state index is 0.0775. The van der Waals surface area contributed by atoms with Crippen LogP contribution in [0.2, 0.25) is 0 Å². The van der Waals surface area contributed by atoms with E-state index in [-0.39, 0.29) is 6.61 Å². The number of aliphatic hydroxyl groups excluding tert-OH is 1. The van der Waals surface area contributed by atoms with Gasteiger partial charge in [0.25, 0.3) is 0 Å². The largest absolute Gasteiger partial charge is 0.497 e. The first-order valence-corrected chi connectivity index (χ1v) is 4.63. The minimum Gasteiger partial charge on any atom is -0.497 e. The monoisotopic (exact) mass is 206 g/mol. The fourth-order valence-electron chi connectivity index (χ4n) is 1.10. The Labute approximate surface area is 89.6 Å². The summed E-state index contributed by atoms with van der Waals surface area (Å²) >= 11 is 0. The topological polar surface area (TPSA) is 38.7 Å². The third-order valence-electron chi connectivity index (χ3n) is 1.82. The standard InChI is InChI=1S/C12H14O3/c1-14-11-7-10(5-3-4-6-13)8-12(9-11)15-2/h7-9,13H,4,6H2,1-2H3. The summed E-state index contributed by atoms with van der Waals surface area (Å²) in [7, 11) is 3.19. The first-order chi connectivity index (χ1) is 7.30. The van der Waals surface area contributed by atoms with Crippen LogP contribution in [0.3, 0.4) is 0 Å². The Morgan fingerprint density at radius 1 is 1.13 bits per heavy atom. The molecule has 80 valence electrons. The predicted molar refractivity (Wildman–Crippen MR) is 58.1 cm³/mol. The van der Waals surface area contributed by atoms with Crippen LogP contribution in [-0.4, -0.2) is 25.9 Å². The molecule has 3 heteroatoms. The molecule has 0 aromatic heterocycles. The lowest BCUT2D eigenvalue weighted by Gasteiger charge is -2.04. The Morgan fingerprint density at radius 2 is 1.73 bits per heavy atom. The second-order valence-corrected chi connectivity index (χ2v) is 2.88. The van der Waals surface area contributed by atoms with Crippen LogP contribution in [0, 0.1) is 11.8 Å². The van der Waals surface area contributed by atoms with E-state index in [0.717, 1.165) is 5.56 Å². The van der Waals surface area contributed by atoms with Gasteiger partial charge < -0.3 is 14.6 Å². The first-order valence-electron chi connectivity index (χ1n) is 4.63. The highest BCUT2D eigenvalue weighted by Crippen LogP contribution is 2.21. The van der Waals surface area contributed by atoms with Crippen molar-refractivity contribution in [3.05, 3.63) is 23.8 Å². The van der Waals surface area contributed by atoms with Crippen molar-refractivity contribution in [2.75, 3.05) is 20.8 Å². The lowest BCUT2D eigenvalue weighted by Crippen LogP contribution is -1.88. The summed E-state index contributed by atoms with van der Waals surface area (Å²) in [5, 5.41) is 8.59. The van der Waals surface area contributed by atoms with Gasteiger partial charge in [-0.3, -0.25) is 0 Å². The van der Waals surface area contributed by atoms with Crippen LogP contribution in [0.5, 0.6) is 11.5 Å². The molecule has 0 saturated carbocycles. The summed E-state index contributed by atoms with van der Waals surface area (Å²) < 4.78 is 10.2. The second-order valence-electron chi connectivity index (χ2n) is 2.88. The van der Waals surface area contributed by atoms with Crippen molar-refractivity contribution in [3.63, 3.8) is 0 Å². The Balaban J connectivity index is 2.93. The van der Waals surface area contributed by atoms with Gasteiger partial charge in [0.15, 0.2) is 0 Å². The van der Waals surface area contributed by atoms with Crippen molar-refractivity contribution in [3.8, 4) is 23.3 Å². The lowest BCUT2D eigenvalue weighted by atomic mass is 10.2. The van der Waals surface area contributed by atoms with Gasteiger partial charge in [0, 0.05) is 18.1 Å². The fourth-order valence-corrected chi connectivity index (χ4v) is 1.10. The molecular formula is C12H14O3. The second kappa shape index (κ2) is 5.94. The molecule has 0 unspecified atom stereocenters. The zero-order valence-corrected chi connectivity index (χ0v) is 8.91. The number of benzene rings is 1. The number of hydrogen-bond acceptors (Lipinski definition) is 3. The van der Waals surface area contributed by atoms with Crippen LogP contribution in [0.25, 0.3) is 0 Å². The van der Waals surface area contributed by atoms with Gasteiger partial charge in [-0.25, -0.2) is 0 Å². The summed E-state index contributed by atoms with van der Waals surface area (Å²) in [6.45, 7) is 0.0775. The van der Waals surface area contributed by atoms with Crippen LogP contribution in [0.15, 0.2) is 18.2 Å². The molecule has 0 atom stereocenters. The molecule has 15 heavy (non-hydrogen) atoms. The van der Waals surface area contributed by atoms with Crippen molar-refractivity contribution in [1.82, 2.24) is 0 Å². The molecule has 1 aromatic carbocycles. The molecule has 0 bridgehead atoms. The highest BCUT2D eigenvalue weighted by molar-refractivity contribution is 5.46. The fraction of sp³-hybridized carbons (Fsp3) is 0.333. The van der Waals surface area contributed by atoms with Crippen LogP contribution in [-0.2, 0) is 0 Å². The van der Waals surface area contributed by atoms with E-state index in [1.807, 2.05) is 12.1 Å². The molecule has 1 N–H and O–H groups in total. The van der Waals surface area contributed by atoms with Gasteiger partial charge in [-0.05, 0) is 12.1 Å². The molecule has 0 aliphatic heterocycles. The predicted octanol–water partition coefficient (Wildman–Crippen LogP) is 1.44. The van der Waals surface area contributed by atoms with Crippen molar-refractivity contribution in [1.29, 1.82) is 0 Å². The van der Waals surface area contributed by atoms with Gasteiger partial charge in [-0.2, -0.15) is 0 Å². The molecule has 0 fully saturated rings. The average molecular weight is 206 g/mol. The molecule has 0 amide bonds. The summed E-state index contributed by atoms with van der Waals surface area (Å²) in [6, 6.07) is 5.44. The number of ether oxygens (including phenoxy) is 2. The quantitative estimate of drug-likeness (QED) is 0.760. The van der Waals surface area contributed by atoms with E-state index in [0.29, 0.717) is 17.9 Å². The Morgan fingerprint density at radius 3 is 2.20 bits per heavy atom. The third-order valence-corrected chi connectivity index (χ3v) is 1.82. The highest BCUT2D eigenvalue weighted by Gasteiger charge is 1.98. The maximum atomic E-state index is 8.59. The van der Waals surface area contributed by atoms with Gasteiger partial charge in [0.2, 0.25) is 0 Å². The average Bonchev–Trinajstić information content (AvgIpc) is 2.29. The molecule has 0 radical (unpaired) electrons. The first kappa shape index (κ1) is 11.4. The molecular weight excluding hydrogens is 192 g/mol. The summed E-state index contributed by atoms with van der Waals surface area (Å²) in [6.07, 6.45) is 0.472. The minimum atomic E-state index is 0.0775. The molecule has 0 aliphatic carbocycles. The van der Waals surface area contributed by atoms with Crippen LogP contribution in [0.4, 0.5) is 0 Å². The highest BCUT2D eigenvalue weighted by atomic mass is 16.5. The molecule has 0 heterocycles. The van der Waals surface area contributed by atoms with E-state index < -0.39 is 0 Å². The summed E-state index contributed by atoms with van der Waals surface area (Å²) in [4.78, 5) is 0. The Bertz CT molecular complexity index is 352. The maximum Gasteiger partial charge on any atom is 0.123 e. The summed E-state index contributed by atoms with van der Waals surface area (Å²) in [5.74, 6) is 7.19. The SMILES string of the molecule is COc1cc(C#CCCO)cc(OC)c1. The van der Waals surface area contributed by atoms with Gasteiger partial charge in [-0.1, -0.05) is 11.8 Å². The van der Waals surface area contributed by atoms with Gasteiger partial charge in [-0.15, -0.1) is 0 Å². The van der Waals surface area contributed by atoms with E-state index >= 15 is 0 Å². The zero-order valence-electron chi connectivity index (χ0n) is 8.91. The normalized spacial score (nSPS) is 9.00. The van der Waals surface area contributed by atoms with Gasteiger partial charge in [0.1, 0.15) is 11.5 Å². The number of rotatable bonds is 3. The number of hydrogen-bond donors (Lipinski definition) is 1. The number of aliphatic hydroxyl groups is 1. The van der Waals surface area contributed by atoms with E-state index in [1.165, 1.54) is 0 Å². The van der Waals surface area contributed by atoms with E-state index in [9.17, 15) is 0 Å². The number of methoxy groups -OCH3 is 2. The van der Waals surface area contributed by atoms with Crippen LogP contribution >= 0.6 is 0 Å².